The lowest BCUT2D eigenvalue weighted by molar-refractivity contribution is 0.214. The Morgan fingerprint density at radius 2 is 2.18 bits per heavy atom. The lowest BCUT2D eigenvalue weighted by Crippen LogP contribution is -2.42. The molecule has 0 bridgehead atoms. The Balaban J connectivity index is 1.83. The minimum absolute atomic E-state index is 0.679. The van der Waals surface area contributed by atoms with E-state index in [1.165, 1.54) is 0 Å². The Hall–Kier alpha value is -1.59. The van der Waals surface area contributed by atoms with Crippen molar-refractivity contribution in [3.8, 4) is 0 Å². The van der Waals surface area contributed by atoms with E-state index >= 15 is 0 Å². The van der Waals surface area contributed by atoms with Crippen LogP contribution in [0.3, 0.4) is 0 Å². The first kappa shape index (κ1) is 10.6. The third-order valence-electron chi connectivity index (χ3n) is 3.06. The summed E-state index contributed by atoms with van der Waals surface area (Å²) in [5.74, 6) is 0.750. The van der Waals surface area contributed by atoms with Gasteiger partial charge in [0.15, 0.2) is 5.58 Å². The average molecular weight is 232 g/mol. The number of nitrogens with zero attached hydrogens (tertiary/aromatic N) is 2. The van der Waals surface area contributed by atoms with E-state index in [4.69, 9.17) is 10.2 Å². The molecule has 0 saturated carbocycles. The van der Waals surface area contributed by atoms with Crippen LogP contribution in [0.2, 0.25) is 0 Å². The number of nitrogens with one attached hydrogen (secondary N) is 1. The van der Waals surface area contributed by atoms with Gasteiger partial charge >= 0.3 is 0 Å². The Kier molecular flexibility index (Phi) is 2.70. The van der Waals surface area contributed by atoms with Gasteiger partial charge < -0.3 is 15.5 Å². The van der Waals surface area contributed by atoms with Crippen LogP contribution in [0.15, 0.2) is 22.6 Å². The summed E-state index contributed by atoms with van der Waals surface area (Å²) in [6, 6.07) is 5.64. The molecular formula is C12H16N4O. The van der Waals surface area contributed by atoms with Gasteiger partial charge in [-0.2, -0.15) is 0 Å². The molecular weight excluding hydrogens is 216 g/mol. The maximum absolute atomic E-state index is 5.86. The summed E-state index contributed by atoms with van der Waals surface area (Å²) in [6.45, 7) is 4.89. The van der Waals surface area contributed by atoms with Crippen LogP contribution in [-0.2, 0) is 6.54 Å². The van der Waals surface area contributed by atoms with E-state index < -0.39 is 0 Å². The normalized spacial score (nSPS) is 17.6. The molecule has 1 aliphatic rings. The van der Waals surface area contributed by atoms with E-state index in [2.05, 4.69) is 15.2 Å². The number of nitrogen functional groups attached to an aromatic ring is 1. The molecule has 1 fully saturated rings. The highest BCUT2D eigenvalue weighted by atomic mass is 16.3. The number of oxazole rings is 1. The van der Waals surface area contributed by atoms with E-state index in [0.29, 0.717) is 5.69 Å². The first-order chi connectivity index (χ1) is 8.33. The highest BCUT2D eigenvalue weighted by Crippen LogP contribution is 2.21. The molecule has 2 heterocycles. The molecule has 1 saturated heterocycles. The number of para-hydroxylation sites is 1. The molecule has 0 spiro atoms. The summed E-state index contributed by atoms with van der Waals surface area (Å²) < 4.78 is 5.70. The Morgan fingerprint density at radius 1 is 1.35 bits per heavy atom. The largest absolute Gasteiger partial charge is 0.439 e. The van der Waals surface area contributed by atoms with Crippen LogP contribution < -0.4 is 11.1 Å². The van der Waals surface area contributed by atoms with Gasteiger partial charge in [0, 0.05) is 26.2 Å². The molecule has 1 aliphatic heterocycles. The standard InChI is InChI=1S/C12H16N4O/c13-9-2-1-3-10-12(9)15-11(17-10)8-16-6-4-14-5-7-16/h1-3,14H,4-8,13H2. The highest BCUT2D eigenvalue weighted by Gasteiger charge is 2.14. The van der Waals surface area contributed by atoms with E-state index in [0.717, 1.165) is 49.7 Å². The predicted octanol–water partition coefficient (Wildman–Crippen LogP) is 0.815. The second-order valence-corrected chi connectivity index (χ2v) is 4.33. The lowest BCUT2D eigenvalue weighted by atomic mass is 10.3. The van der Waals surface area contributed by atoms with Crippen LogP contribution in [0.5, 0.6) is 0 Å². The van der Waals surface area contributed by atoms with Gasteiger partial charge in [-0.25, -0.2) is 4.98 Å². The minimum Gasteiger partial charge on any atom is -0.439 e. The van der Waals surface area contributed by atoms with Crippen LogP contribution in [0.4, 0.5) is 5.69 Å². The zero-order chi connectivity index (χ0) is 11.7. The SMILES string of the molecule is Nc1cccc2oc(CN3CCNCC3)nc12. The molecule has 0 aliphatic carbocycles. The van der Waals surface area contributed by atoms with Gasteiger partial charge in [-0.15, -0.1) is 0 Å². The number of piperazine rings is 1. The predicted molar refractivity (Wildman–Crippen MR) is 66.6 cm³/mol. The molecule has 1 aromatic carbocycles. The summed E-state index contributed by atoms with van der Waals surface area (Å²) in [4.78, 5) is 6.78. The van der Waals surface area contributed by atoms with Crippen molar-refractivity contribution in [3.63, 3.8) is 0 Å². The summed E-state index contributed by atoms with van der Waals surface area (Å²) in [6.07, 6.45) is 0. The summed E-state index contributed by atoms with van der Waals surface area (Å²) in [7, 11) is 0. The number of aromatic nitrogens is 1. The van der Waals surface area contributed by atoms with Gasteiger partial charge in [-0.1, -0.05) is 6.07 Å². The lowest BCUT2D eigenvalue weighted by Gasteiger charge is -2.25. The summed E-state index contributed by atoms with van der Waals surface area (Å²) >= 11 is 0. The molecule has 0 radical (unpaired) electrons. The van der Waals surface area contributed by atoms with Gasteiger partial charge in [0.2, 0.25) is 5.89 Å². The van der Waals surface area contributed by atoms with E-state index in [1.807, 2.05) is 18.2 Å². The fourth-order valence-corrected chi connectivity index (χ4v) is 2.14. The molecule has 5 heteroatoms. The second-order valence-electron chi connectivity index (χ2n) is 4.33. The first-order valence-corrected chi connectivity index (χ1v) is 5.90. The molecule has 2 aromatic rings. The number of hydrogen-bond acceptors (Lipinski definition) is 5. The maximum Gasteiger partial charge on any atom is 0.209 e. The van der Waals surface area contributed by atoms with Crippen molar-refractivity contribution in [1.29, 1.82) is 0 Å². The smallest absolute Gasteiger partial charge is 0.209 e. The van der Waals surface area contributed by atoms with Crippen molar-refractivity contribution >= 4 is 16.8 Å². The van der Waals surface area contributed by atoms with Crippen molar-refractivity contribution < 1.29 is 4.42 Å². The quantitative estimate of drug-likeness (QED) is 0.750. The molecule has 0 unspecified atom stereocenters. The number of hydrogen-bond donors (Lipinski definition) is 2. The maximum atomic E-state index is 5.86. The van der Waals surface area contributed by atoms with Gasteiger partial charge in [0.05, 0.1) is 12.2 Å². The first-order valence-electron chi connectivity index (χ1n) is 5.90. The Bertz CT molecular complexity index is 516. The van der Waals surface area contributed by atoms with E-state index in [9.17, 15) is 0 Å². The van der Waals surface area contributed by atoms with Crippen molar-refractivity contribution in [2.24, 2.45) is 0 Å². The van der Waals surface area contributed by atoms with E-state index in [-0.39, 0.29) is 0 Å². The van der Waals surface area contributed by atoms with Crippen molar-refractivity contribution in [2.75, 3.05) is 31.9 Å². The zero-order valence-corrected chi connectivity index (χ0v) is 9.65. The molecule has 90 valence electrons. The zero-order valence-electron chi connectivity index (χ0n) is 9.65. The Morgan fingerprint density at radius 3 is 2.94 bits per heavy atom. The number of anilines is 1. The van der Waals surface area contributed by atoms with Crippen LogP contribution in [-0.4, -0.2) is 36.1 Å². The van der Waals surface area contributed by atoms with Crippen LogP contribution in [0, 0.1) is 0 Å². The molecule has 17 heavy (non-hydrogen) atoms. The van der Waals surface area contributed by atoms with E-state index in [1.54, 1.807) is 0 Å². The third kappa shape index (κ3) is 2.11. The molecule has 1 aromatic heterocycles. The molecule has 3 N–H and O–H groups in total. The van der Waals surface area contributed by atoms with Crippen molar-refractivity contribution in [3.05, 3.63) is 24.1 Å². The fourth-order valence-electron chi connectivity index (χ4n) is 2.14. The Labute approximate surface area is 99.6 Å². The van der Waals surface area contributed by atoms with Crippen LogP contribution >= 0.6 is 0 Å². The van der Waals surface area contributed by atoms with Crippen molar-refractivity contribution in [2.45, 2.75) is 6.54 Å². The minimum atomic E-state index is 0.679. The highest BCUT2D eigenvalue weighted by molar-refractivity contribution is 5.85. The van der Waals surface area contributed by atoms with Crippen LogP contribution in [0.1, 0.15) is 5.89 Å². The third-order valence-corrected chi connectivity index (χ3v) is 3.06. The summed E-state index contributed by atoms with van der Waals surface area (Å²) in [5, 5.41) is 3.32. The van der Waals surface area contributed by atoms with Crippen molar-refractivity contribution in [1.82, 2.24) is 15.2 Å². The van der Waals surface area contributed by atoms with Gasteiger partial charge in [0.1, 0.15) is 5.52 Å². The molecule has 5 nitrogen and oxygen atoms in total. The molecule has 0 amide bonds. The topological polar surface area (TPSA) is 67.3 Å². The second kappa shape index (κ2) is 4.35. The number of nitrogens with two attached hydrogens (primary N) is 1. The van der Waals surface area contributed by atoms with Gasteiger partial charge in [-0.3, -0.25) is 4.90 Å². The van der Waals surface area contributed by atoms with Gasteiger partial charge in [0.25, 0.3) is 0 Å². The fraction of sp³-hybridized carbons (Fsp3) is 0.417. The number of rotatable bonds is 2. The monoisotopic (exact) mass is 232 g/mol. The molecule has 3 rings (SSSR count). The number of benzene rings is 1. The van der Waals surface area contributed by atoms with Gasteiger partial charge in [-0.05, 0) is 12.1 Å². The average Bonchev–Trinajstić information content (AvgIpc) is 2.74. The molecule has 0 atom stereocenters. The van der Waals surface area contributed by atoms with Crippen LogP contribution in [0.25, 0.3) is 11.1 Å². The number of fused-ring (bicyclic) bond motifs is 1. The summed E-state index contributed by atoms with van der Waals surface area (Å²) in [5.41, 5.74) is 8.08.